The molecule has 0 aliphatic carbocycles. The van der Waals surface area contributed by atoms with Crippen LogP contribution in [0.5, 0.6) is 0 Å². The van der Waals surface area contributed by atoms with E-state index in [1.165, 1.54) is 0 Å². The molecule has 0 bridgehead atoms. The van der Waals surface area contributed by atoms with Gasteiger partial charge in [0.1, 0.15) is 0 Å². The smallest absolute Gasteiger partial charge is 0.254 e. The van der Waals surface area contributed by atoms with E-state index in [0.717, 1.165) is 5.69 Å². The maximum absolute atomic E-state index is 12.4. The molecule has 0 saturated carbocycles. The van der Waals surface area contributed by atoms with Gasteiger partial charge in [0, 0.05) is 32.4 Å². The van der Waals surface area contributed by atoms with E-state index in [1.807, 2.05) is 37.2 Å². The Balaban J connectivity index is 2.17. The minimum absolute atomic E-state index is 0.0988. The Labute approximate surface area is 113 Å². The van der Waals surface area contributed by atoms with E-state index >= 15 is 0 Å². The number of likely N-dealkylation sites (N-methyl/N-ethyl adjacent to an activating group) is 1. The third-order valence-electron chi connectivity index (χ3n) is 3.45. The normalized spacial score (nSPS) is 22.3. The first-order valence-electron chi connectivity index (χ1n) is 6.31. The van der Waals surface area contributed by atoms with Crippen molar-refractivity contribution in [1.29, 1.82) is 0 Å². The molecule has 1 amide bonds. The summed E-state index contributed by atoms with van der Waals surface area (Å²) in [5.41, 5.74) is 1.59. The Hall–Kier alpha value is -1.59. The molecular formula is C14H20N2O3. The van der Waals surface area contributed by atoms with Crippen molar-refractivity contribution in [2.24, 2.45) is 0 Å². The number of carbonyl (C=O) groups is 1. The number of hydrogen-bond donors (Lipinski definition) is 1. The number of aliphatic hydroxyl groups excluding tert-OH is 1. The molecule has 2 atom stereocenters. The van der Waals surface area contributed by atoms with Gasteiger partial charge in [-0.2, -0.15) is 0 Å². The Morgan fingerprint density at radius 1 is 1.32 bits per heavy atom. The van der Waals surface area contributed by atoms with Gasteiger partial charge in [-0.15, -0.1) is 0 Å². The molecule has 1 aromatic rings. The zero-order valence-corrected chi connectivity index (χ0v) is 11.5. The van der Waals surface area contributed by atoms with Crippen molar-refractivity contribution in [3.63, 3.8) is 0 Å². The summed E-state index contributed by atoms with van der Waals surface area (Å²) in [6, 6.07) is 7.17. The van der Waals surface area contributed by atoms with Gasteiger partial charge in [-0.25, -0.2) is 0 Å². The molecule has 1 aromatic carbocycles. The molecule has 1 N–H and O–H groups in total. The van der Waals surface area contributed by atoms with Crippen LogP contribution in [0, 0.1) is 0 Å². The first-order chi connectivity index (χ1) is 9.00. The maximum atomic E-state index is 12.4. The van der Waals surface area contributed by atoms with Crippen LogP contribution in [0.15, 0.2) is 24.3 Å². The van der Waals surface area contributed by atoms with E-state index in [2.05, 4.69) is 0 Å². The fourth-order valence-electron chi connectivity index (χ4n) is 2.17. The summed E-state index contributed by atoms with van der Waals surface area (Å²) in [7, 11) is 5.57. The van der Waals surface area contributed by atoms with Crippen LogP contribution in [0.3, 0.4) is 0 Å². The highest BCUT2D eigenvalue weighted by Crippen LogP contribution is 2.18. The molecule has 0 aromatic heterocycles. The van der Waals surface area contributed by atoms with Crippen molar-refractivity contribution in [1.82, 2.24) is 4.90 Å². The highest BCUT2D eigenvalue weighted by molar-refractivity contribution is 5.95. The molecule has 0 radical (unpaired) electrons. The predicted molar refractivity (Wildman–Crippen MR) is 73.5 cm³/mol. The number of anilines is 1. The van der Waals surface area contributed by atoms with E-state index in [9.17, 15) is 9.90 Å². The SMILES string of the molecule is CN(C)c1cccc(C(=O)N(C)[C@H]2COC[C@@H]2O)c1. The number of hydrogen-bond acceptors (Lipinski definition) is 4. The lowest BCUT2D eigenvalue weighted by atomic mass is 10.1. The van der Waals surface area contributed by atoms with Crippen LogP contribution in [0.2, 0.25) is 0 Å². The van der Waals surface area contributed by atoms with Crippen molar-refractivity contribution in [3.8, 4) is 0 Å². The zero-order chi connectivity index (χ0) is 14.0. The molecule has 0 spiro atoms. The monoisotopic (exact) mass is 264 g/mol. The van der Waals surface area contributed by atoms with Crippen LogP contribution in [0.25, 0.3) is 0 Å². The van der Waals surface area contributed by atoms with Gasteiger partial charge < -0.3 is 19.6 Å². The summed E-state index contributed by atoms with van der Waals surface area (Å²) in [5, 5.41) is 9.77. The largest absolute Gasteiger partial charge is 0.388 e. The van der Waals surface area contributed by atoms with Crippen molar-refractivity contribution in [3.05, 3.63) is 29.8 Å². The van der Waals surface area contributed by atoms with E-state index < -0.39 is 6.10 Å². The van der Waals surface area contributed by atoms with Crippen LogP contribution in [-0.2, 0) is 4.74 Å². The molecule has 104 valence electrons. The lowest BCUT2D eigenvalue weighted by molar-refractivity contribution is 0.0581. The third kappa shape index (κ3) is 2.88. The number of aliphatic hydroxyl groups is 1. The highest BCUT2D eigenvalue weighted by atomic mass is 16.5. The maximum Gasteiger partial charge on any atom is 0.254 e. The van der Waals surface area contributed by atoms with Crippen LogP contribution in [0.4, 0.5) is 5.69 Å². The van der Waals surface area contributed by atoms with Gasteiger partial charge in [-0.1, -0.05) is 6.07 Å². The van der Waals surface area contributed by atoms with Gasteiger partial charge in [0.2, 0.25) is 0 Å². The number of amides is 1. The minimum Gasteiger partial charge on any atom is -0.388 e. The Kier molecular flexibility index (Phi) is 4.07. The number of nitrogens with zero attached hydrogens (tertiary/aromatic N) is 2. The van der Waals surface area contributed by atoms with Gasteiger partial charge in [0.15, 0.2) is 0 Å². The van der Waals surface area contributed by atoms with Gasteiger partial charge >= 0.3 is 0 Å². The second-order valence-corrected chi connectivity index (χ2v) is 5.03. The third-order valence-corrected chi connectivity index (χ3v) is 3.45. The fourth-order valence-corrected chi connectivity index (χ4v) is 2.17. The van der Waals surface area contributed by atoms with Gasteiger partial charge in [-0.05, 0) is 18.2 Å². The average molecular weight is 264 g/mol. The first-order valence-corrected chi connectivity index (χ1v) is 6.31. The van der Waals surface area contributed by atoms with Gasteiger partial charge in [-0.3, -0.25) is 4.79 Å². The molecule has 1 fully saturated rings. The molecule has 0 unspecified atom stereocenters. The van der Waals surface area contributed by atoms with Crippen molar-refractivity contribution in [2.75, 3.05) is 39.3 Å². The summed E-state index contributed by atoms with van der Waals surface area (Å²) >= 11 is 0. The summed E-state index contributed by atoms with van der Waals surface area (Å²) in [4.78, 5) is 15.9. The van der Waals surface area contributed by atoms with Crippen LogP contribution >= 0.6 is 0 Å². The lowest BCUT2D eigenvalue weighted by Crippen LogP contribution is -2.44. The molecule has 1 aliphatic rings. The second kappa shape index (κ2) is 5.59. The molecule has 1 heterocycles. The second-order valence-electron chi connectivity index (χ2n) is 5.03. The van der Waals surface area contributed by atoms with Crippen LogP contribution in [-0.4, -0.2) is 62.4 Å². The van der Waals surface area contributed by atoms with Crippen molar-refractivity contribution >= 4 is 11.6 Å². The van der Waals surface area contributed by atoms with Crippen molar-refractivity contribution in [2.45, 2.75) is 12.1 Å². The number of rotatable bonds is 3. The van der Waals surface area contributed by atoms with Crippen LogP contribution < -0.4 is 4.90 Å². The summed E-state index contributed by atoms with van der Waals surface area (Å²) < 4.78 is 5.19. The Morgan fingerprint density at radius 3 is 2.63 bits per heavy atom. The first kappa shape index (κ1) is 13.8. The molecule has 1 saturated heterocycles. The molecule has 5 heteroatoms. The average Bonchev–Trinajstić information content (AvgIpc) is 2.83. The predicted octanol–water partition coefficient (Wildman–Crippen LogP) is 0.584. The van der Waals surface area contributed by atoms with E-state index in [1.54, 1.807) is 18.0 Å². The Morgan fingerprint density at radius 2 is 2.05 bits per heavy atom. The highest BCUT2D eigenvalue weighted by Gasteiger charge is 2.32. The molecule has 2 rings (SSSR count). The zero-order valence-electron chi connectivity index (χ0n) is 11.5. The number of benzene rings is 1. The summed E-state index contributed by atoms with van der Waals surface area (Å²) in [5.74, 6) is -0.0988. The lowest BCUT2D eigenvalue weighted by Gasteiger charge is -2.26. The molecular weight excluding hydrogens is 244 g/mol. The minimum atomic E-state index is -0.606. The molecule has 1 aliphatic heterocycles. The number of ether oxygens (including phenoxy) is 1. The van der Waals surface area contributed by atoms with Crippen LogP contribution in [0.1, 0.15) is 10.4 Å². The van der Waals surface area contributed by atoms with E-state index in [-0.39, 0.29) is 11.9 Å². The standard InChI is InChI=1S/C14H20N2O3/c1-15(2)11-6-4-5-10(7-11)14(18)16(3)12-8-19-9-13(12)17/h4-7,12-13,17H,8-9H2,1-3H3/t12-,13-/m0/s1. The summed E-state index contributed by atoms with van der Waals surface area (Å²) in [6.07, 6.45) is -0.606. The quantitative estimate of drug-likeness (QED) is 0.868. The molecule has 19 heavy (non-hydrogen) atoms. The van der Waals surface area contributed by atoms with Crippen molar-refractivity contribution < 1.29 is 14.6 Å². The molecule has 5 nitrogen and oxygen atoms in total. The van der Waals surface area contributed by atoms with Gasteiger partial charge in [0.05, 0.1) is 25.4 Å². The summed E-state index contributed by atoms with van der Waals surface area (Å²) in [6.45, 7) is 0.677. The Bertz CT molecular complexity index is 462. The number of carbonyl (C=O) groups excluding carboxylic acids is 1. The van der Waals surface area contributed by atoms with E-state index in [0.29, 0.717) is 18.8 Å². The van der Waals surface area contributed by atoms with Gasteiger partial charge in [0.25, 0.3) is 5.91 Å². The fraction of sp³-hybridized carbons (Fsp3) is 0.500. The van der Waals surface area contributed by atoms with E-state index in [4.69, 9.17) is 4.74 Å². The topological polar surface area (TPSA) is 53.0 Å².